The van der Waals surface area contributed by atoms with Gasteiger partial charge in [-0.3, -0.25) is 8.42 Å². The summed E-state index contributed by atoms with van der Waals surface area (Å²) in [6.07, 6.45) is 9.84. The molecule has 0 spiro atoms. The maximum atomic E-state index is 11.2. The number of benzene rings is 6. The largest absolute Gasteiger partial charge is 1.00 e. The van der Waals surface area contributed by atoms with E-state index >= 15 is 0 Å². The van der Waals surface area contributed by atoms with E-state index in [1.54, 1.807) is 47.8 Å². The van der Waals surface area contributed by atoms with Crippen LogP contribution in [-0.4, -0.2) is 45.2 Å². The van der Waals surface area contributed by atoms with Gasteiger partial charge in [-0.05, 0) is 110 Å². The van der Waals surface area contributed by atoms with Crippen molar-refractivity contribution in [2.75, 3.05) is 31.3 Å². The molecule has 6 rings (SSSR count). The molecule has 0 saturated heterocycles. The highest BCUT2D eigenvalue weighted by Gasteiger charge is 2.18. The summed E-state index contributed by atoms with van der Waals surface area (Å²) in [4.78, 5) is 9.60. The third-order valence-corrected chi connectivity index (χ3v) is 13.0. The van der Waals surface area contributed by atoms with Crippen LogP contribution in [0.5, 0.6) is 0 Å². The Hall–Kier alpha value is -3.02. The Morgan fingerprint density at radius 1 is 0.440 bits per heavy atom. The molecule has 0 saturated carbocycles. The molecule has 50 heavy (non-hydrogen) atoms. The zero-order chi connectivity index (χ0) is 35.3. The third-order valence-electron chi connectivity index (χ3n) is 6.70. The molecule has 9 heteroatoms. The van der Waals surface area contributed by atoms with Crippen molar-refractivity contribution in [2.24, 2.45) is 0 Å². The Balaban J connectivity index is 0.000000350. The van der Waals surface area contributed by atoms with Gasteiger partial charge in [-0.1, -0.05) is 84.6 Å². The minimum atomic E-state index is -0.893. The lowest BCUT2D eigenvalue weighted by Crippen LogP contribution is -1.99. The third kappa shape index (κ3) is 16.3. The molecule has 0 aliphatic rings. The van der Waals surface area contributed by atoms with E-state index in [9.17, 15) is 8.42 Å². The van der Waals surface area contributed by atoms with E-state index < -0.39 is 21.6 Å². The minimum Gasteiger partial charge on any atom is -0.412 e. The summed E-state index contributed by atoms with van der Waals surface area (Å²) in [5.41, 5.74) is 0. The van der Waals surface area contributed by atoms with Crippen LogP contribution in [0.2, 0.25) is 0 Å². The second-order valence-corrected chi connectivity index (χ2v) is 17.8. The van der Waals surface area contributed by atoms with Crippen LogP contribution in [0.25, 0.3) is 0 Å². The molecule has 0 fully saturated rings. The van der Waals surface area contributed by atoms with Crippen molar-refractivity contribution in [1.29, 1.82) is 0 Å². The first kappa shape index (κ1) is 43.1. The average molecular weight is 779 g/mol. The van der Waals surface area contributed by atoms with Crippen molar-refractivity contribution in [2.45, 2.75) is 39.2 Å². The predicted octanol–water partition coefficient (Wildman–Crippen LogP) is 10.8. The van der Waals surface area contributed by atoms with Crippen LogP contribution in [0.4, 0.5) is 0 Å². The van der Waals surface area contributed by atoms with Crippen molar-refractivity contribution in [3.63, 3.8) is 0 Å². The van der Waals surface area contributed by atoms with E-state index in [0.717, 1.165) is 9.79 Å². The lowest BCUT2D eigenvalue weighted by atomic mass is 10.4. The van der Waals surface area contributed by atoms with Gasteiger partial charge in [0, 0.05) is 63.5 Å². The van der Waals surface area contributed by atoms with Crippen molar-refractivity contribution < 1.29 is 15.3 Å². The van der Waals surface area contributed by atoms with Crippen molar-refractivity contribution in [3.8, 4) is 0 Å². The van der Waals surface area contributed by atoms with E-state index in [2.05, 4.69) is 97.6 Å². The normalized spacial score (nSPS) is 11.7. The molecular formula is C41H46O3S6+2. The summed E-state index contributed by atoms with van der Waals surface area (Å²) >= 11 is 5.27. The molecule has 3 unspecified atom stereocenters. The van der Waals surface area contributed by atoms with Crippen molar-refractivity contribution in [3.05, 3.63) is 170 Å². The zero-order valence-electron chi connectivity index (χ0n) is 29.9. The Kier molecular flexibility index (Phi) is 21.6. The van der Waals surface area contributed by atoms with Gasteiger partial charge in [0.25, 0.3) is 0 Å². The first-order chi connectivity index (χ1) is 23.8. The van der Waals surface area contributed by atoms with E-state index in [-0.39, 0.29) is 17.8 Å². The number of hydrogen-bond donors (Lipinski definition) is 0. The zero-order valence-corrected chi connectivity index (χ0v) is 33.8. The molecule has 0 amide bonds. The molecule has 0 bridgehead atoms. The summed E-state index contributed by atoms with van der Waals surface area (Å²) in [6.45, 7) is 0. The fourth-order valence-corrected chi connectivity index (χ4v) is 8.15. The minimum absolute atomic E-state index is 0. The Morgan fingerprint density at radius 2 is 0.760 bits per heavy atom. The molecule has 6 aromatic rings. The van der Waals surface area contributed by atoms with Gasteiger partial charge in [0.15, 0.2) is 9.79 Å². The first-order valence-electron chi connectivity index (χ1n) is 15.3. The van der Waals surface area contributed by atoms with Crippen molar-refractivity contribution in [1.82, 2.24) is 0 Å². The molecule has 0 heterocycles. The fourth-order valence-electron chi connectivity index (χ4n) is 4.03. The van der Waals surface area contributed by atoms with E-state index in [1.165, 1.54) is 29.4 Å². The topological polar surface area (TPSA) is 65.6 Å². The maximum Gasteiger partial charge on any atom is 1.00 e. The van der Waals surface area contributed by atoms with Gasteiger partial charge in [-0.2, -0.15) is 0 Å². The van der Waals surface area contributed by atoms with Gasteiger partial charge in [-0.15, -0.1) is 23.5 Å². The second kappa shape index (κ2) is 25.0. The first-order valence-corrected chi connectivity index (χ1v) is 23.3. The van der Waals surface area contributed by atoms with Crippen LogP contribution in [0.1, 0.15) is 1.43 Å². The van der Waals surface area contributed by atoms with Crippen LogP contribution in [0.15, 0.2) is 209 Å². The number of thioether (sulfide) groups is 2. The second-order valence-electron chi connectivity index (χ2n) is 10.1. The summed E-state index contributed by atoms with van der Waals surface area (Å²) in [6, 6.07) is 57.4. The standard InChI is InChI=1S/C14H15S2.C13H12OS2.C7H8OS.C7H8S.H2O/c1-15-12-8-10-14(11-9-12)16(2)13-6-4-3-5-7-13;1-16(14)13-9-7-12(8-10-13)15-11-5-3-2-4-6-11;1-9(8)7-5-3-2-4-6-7;1-8-7-5-3-2-4-6-7;/h3-11H,1-2H3;2-10H,1H3;2-6H,1H3;2-6H,1H3;1H2/q+1;;;;/p+1. The van der Waals surface area contributed by atoms with Crippen LogP contribution in [-0.2, 0) is 32.5 Å². The smallest absolute Gasteiger partial charge is 0.412 e. The number of rotatable bonds is 8. The molecule has 0 aromatic heterocycles. The average Bonchev–Trinajstić information content (AvgIpc) is 3.17. The molecular weight excluding hydrogens is 733 g/mol. The molecule has 2 N–H and O–H groups in total. The quantitative estimate of drug-likeness (QED) is 0.114. The molecule has 0 aliphatic heterocycles. The Labute approximate surface area is 321 Å². The summed E-state index contributed by atoms with van der Waals surface area (Å²) in [5.74, 6) is 0. The van der Waals surface area contributed by atoms with Gasteiger partial charge >= 0.3 is 1.43 Å². The molecule has 3 nitrogen and oxygen atoms in total. The number of hydrogen-bond acceptors (Lipinski definition) is 5. The molecule has 0 radical (unpaired) electrons. The van der Waals surface area contributed by atoms with Crippen LogP contribution in [0, 0.1) is 0 Å². The van der Waals surface area contributed by atoms with Gasteiger partial charge in [0.1, 0.15) is 6.26 Å². The monoisotopic (exact) mass is 778 g/mol. The lowest BCUT2D eigenvalue weighted by Gasteiger charge is -2.02. The van der Waals surface area contributed by atoms with E-state index in [0.29, 0.717) is 0 Å². The predicted molar refractivity (Wildman–Crippen MR) is 226 cm³/mol. The van der Waals surface area contributed by atoms with Gasteiger partial charge in [0.2, 0.25) is 0 Å². The van der Waals surface area contributed by atoms with Crippen molar-refractivity contribution >= 4 is 67.8 Å². The SMILES string of the molecule is CS(=O)c1ccc(Sc2ccccc2)cc1.CS(=O)c1ccccc1.CSc1ccc([S+](C)c2ccccc2)cc1.CSc1ccccc1.O.[H+]. The lowest BCUT2D eigenvalue weighted by molar-refractivity contribution is 0.686. The van der Waals surface area contributed by atoms with Gasteiger partial charge in [-0.25, -0.2) is 0 Å². The van der Waals surface area contributed by atoms with E-state index in [4.69, 9.17) is 0 Å². The highest BCUT2D eigenvalue weighted by molar-refractivity contribution is 7.99. The summed E-state index contributed by atoms with van der Waals surface area (Å²) < 4.78 is 22.0. The summed E-state index contributed by atoms with van der Waals surface area (Å²) in [7, 11) is -1.54. The highest BCUT2D eigenvalue weighted by Crippen LogP contribution is 2.28. The van der Waals surface area contributed by atoms with E-state index in [1.807, 2.05) is 91.0 Å². The fraction of sp³-hybridized carbons (Fsp3) is 0.122. The van der Waals surface area contributed by atoms with Crippen LogP contribution in [0.3, 0.4) is 0 Å². The molecule has 262 valence electrons. The maximum absolute atomic E-state index is 11.2. The van der Waals surface area contributed by atoms with Crippen LogP contribution < -0.4 is 0 Å². The molecule has 6 aromatic carbocycles. The summed E-state index contributed by atoms with van der Waals surface area (Å²) in [5, 5.41) is 0. The highest BCUT2D eigenvalue weighted by atomic mass is 32.2. The molecule has 3 atom stereocenters. The Morgan fingerprint density at radius 3 is 1.16 bits per heavy atom. The van der Waals surface area contributed by atoms with Gasteiger partial charge < -0.3 is 5.48 Å². The van der Waals surface area contributed by atoms with Crippen LogP contribution >= 0.6 is 35.3 Å². The molecule has 0 aliphatic carbocycles. The Bertz CT molecular complexity index is 1800. The van der Waals surface area contributed by atoms with Gasteiger partial charge in [0.05, 0.1) is 10.9 Å².